The van der Waals surface area contributed by atoms with Gasteiger partial charge in [-0.3, -0.25) is 0 Å². The predicted molar refractivity (Wildman–Crippen MR) is 143 cm³/mol. The van der Waals surface area contributed by atoms with Crippen LogP contribution in [0.4, 0.5) is 4.79 Å². The van der Waals surface area contributed by atoms with Gasteiger partial charge in [-0.1, -0.05) is 26.0 Å². The molecule has 0 saturated carbocycles. The van der Waals surface area contributed by atoms with E-state index in [0.717, 1.165) is 0 Å². The first-order valence-electron chi connectivity index (χ1n) is 13.2. The number of aliphatic hydroxyl groups excluding tert-OH is 4. The molecule has 0 aliphatic carbocycles. The van der Waals surface area contributed by atoms with E-state index in [9.17, 15) is 30.0 Å². The summed E-state index contributed by atoms with van der Waals surface area (Å²) < 4.78 is 21.5. The molecule has 1 saturated heterocycles. The summed E-state index contributed by atoms with van der Waals surface area (Å²) in [6.07, 6.45) is -6.78. The molecule has 6 atom stereocenters. The third-order valence-electron chi connectivity index (χ3n) is 6.23. The molecule has 8 N–H and O–H groups in total. The Bertz CT molecular complexity index is 889. The number of phenols is 1. The van der Waals surface area contributed by atoms with Crippen molar-refractivity contribution in [2.45, 2.75) is 63.4 Å². The molecule has 0 radical (unpaired) electrons. The van der Waals surface area contributed by atoms with Crippen molar-refractivity contribution in [3.8, 4) is 5.75 Å². The van der Waals surface area contributed by atoms with Crippen LogP contribution in [0, 0.1) is 5.92 Å². The van der Waals surface area contributed by atoms with Gasteiger partial charge in [-0.25, -0.2) is 9.59 Å². The third-order valence-corrected chi connectivity index (χ3v) is 6.23. The van der Waals surface area contributed by atoms with Crippen molar-refractivity contribution >= 4 is 19.7 Å². The summed E-state index contributed by atoms with van der Waals surface area (Å²) in [7, 11) is -0.417. The van der Waals surface area contributed by atoms with Crippen molar-refractivity contribution in [3.05, 3.63) is 29.8 Å². The minimum Gasteiger partial charge on any atom is -0.508 e. The number of aliphatic hydroxyl groups is 4. The normalized spacial score (nSPS) is 18.4. The van der Waals surface area contributed by atoms with E-state index in [4.69, 9.17) is 29.6 Å². The van der Waals surface area contributed by atoms with Gasteiger partial charge < -0.3 is 60.3 Å². The highest BCUT2D eigenvalue weighted by atomic mass is 16.6. The smallest absolute Gasteiger partial charge is 0.439 e. The summed E-state index contributed by atoms with van der Waals surface area (Å²) in [5.74, 6) is -0.574. The van der Waals surface area contributed by atoms with E-state index >= 15 is 0 Å². The van der Waals surface area contributed by atoms with Gasteiger partial charge in [0.05, 0.1) is 26.0 Å². The summed E-state index contributed by atoms with van der Waals surface area (Å²) in [6, 6.07) is 4.43. The Labute approximate surface area is 234 Å². The molecule has 1 aromatic carbocycles. The molecule has 0 spiro atoms. The van der Waals surface area contributed by atoms with E-state index in [2.05, 4.69) is 5.32 Å². The highest BCUT2D eigenvalue weighted by Gasteiger charge is 2.34. The largest absolute Gasteiger partial charge is 0.508 e. The van der Waals surface area contributed by atoms with Crippen molar-refractivity contribution in [1.29, 1.82) is 0 Å². The Kier molecular flexibility index (Phi) is 14.6. The molecule has 0 aromatic heterocycles. The number of aromatic hydroxyl groups is 1. The van der Waals surface area contributed by atoms with Crippen LogP contribution in [-0.4, -0.2) is 126 Å². The number of benzene rings is 1. The van der Waals surface area contributed by atoms with Crippen LogP contribution in [0.1, 0.15) is 25.8 Å². The Morgan fingerprint density at radius 2 is 1.75 bits per heavy atom. The van der Waals surface area contributed by atoms with Gasteiger partial charge in [0.15, 0.2) is 0 Å². The Hall–Kier alpha value is -2.50. The number of amides is 2. The zero-order valence-electron chi connectivity index (χ0n) is 22.9. The Morgan fingerprint density at radius 3 is 2.35 bits per heavy atom. The number of nitrogens with two attached hydrogens (primary N) is 1. The van der Waals surface area contributed by atoms with Gasteiger partial charge in [0.2, 0.25) is 0 Å². The minimum atomic E-state index is -1.83. The van der Waals surface area contributed by atoms with Crippen molar-refractivity contribution in [2.24, 2.45) is 11.7 Å². The predicted octanol–water partition coefficient (Wildman–Crippen LogP) is -2.04. The summed E-state index contributed by atoms with van der Waals surface area (Å²) in [6.45, 7) is 3.91. The number of nitrogens with one attached hydrogen (secondary N) is 1. The van der Waals surface area contributed by atoms with E-state index in [1.807, 2.05) is 13.8 Å². The lowest BCUT2D eigenvalue weighted by Crippen LogP contribution is -2.53. The number of phenolic OH excluding ortho intramolecular Hbond substituents is 1. The third kappa shape index (κ3) is 11.5. The van der Waals surface area contributed by atoms with E-state index in [0.29, 0.717) is 38.3 Å². The number of ether oxygens (including phenoxy) is 2. The second-order valence-electron chi connectivity index (χ2n) is 9.99. The van der Waals surface area contributed by atoms with Crippen molar-refractivity contribution in [3.63, 3.8) is 0 Å². The SMILES string of the molecule is CC(C)C[C@H](N)OBO[C@H](COC(=O)[C@H](Cc1ccc(O)cc1)NC(=O)N1CCOCC1)[C@@H](O)[C@H](O)[C@H](O)CO. The number of esters is 1. The zero-order valence-corrected chi connectivity index (χ0v) is 22.9. The van der Waals surface area contributed by atoms with Gasteiger partial charge in [-0.05, 0) is 30.0 Å². The summed E-state index contributed by atoms with van der Waals surface area (Å²) in [5.41, 5.74) is 6.51. The number of carbonyl (C=O) groups excluding carboxylic acids is 2. The fourth-order valence-corrected chi connectivity index (χ4v) is 3.88. The Balaban J connectivity index is 2.11. The first-order valence-corrected chi connectivity index (χ1v) is 13.2. The van der Waals surface area contributed by atoms with Gasteiger partial charge in [0.1, 0.15) is 42.8 Å². The molecule has 0 unspecified atom stereocenters. The maximum atomic E-state index is 13.2. The molecule has 40 heavy (non-hydrogen) atoms. The molecular weight excluding hydrogens is 529 g/mol. The molecule has 14 nitrogen and oxygen atoms in total. The Morgan fingerprint density at radius 1 is 1.10 bits per heavy atom. The van der Waals surface area contributed by atoms with Crippen LogP contribution in [0.25, 0.3) is 0 Å². The van der Waals surface area contributed by atoms with Crippen LogP contribution in [0.5, 0.6) is 5.75 Å². The van der Waals surface area contributed by atoms with E-state index in [1.54, 1.807) is 12.1 Å². The lowest BCUT2D eigenvalue weighted by molar-refractivity contribution is -0.156. The van der Waals surface area contributed by atoms with Crippen LogP contribution in [0.15, 0.2) is 24.3 Å². The molecule has 15 heteroatoms. The minimum absolute atomic E-state index is 0.0300. The van der Waals surface area contributed by atoms with Gasteiger partial charge in [-0.2, -0.15) is 0 Å². The number of hydrogen-bond acceptors (Lipinski definition) is 12. The molecule has 1 aliphatic rings. The van der Waals surface area contributed by atoms with E-state index in [1.165, 1.54) is 17.0 Å². The number of carbonyl (C=O) groups is 2. The van der Waals surface area contributed by atoms with Gasteiger partial charge in [0.25, 0.3) is 0 Å². The number of urea groups is 1. The summed E-state index contributed by atoms with van der Waals surface area (Å²) in [5, 5.41) is 51.9. The number of morpholine rings is 1. The first kappa shape index (κ1) is 33.7. The summed E-state index contributed by atoms with van der Waals surface area (Å²) >= 11 is 0. The van der Waals surface area contributed by atoms with Gasteiger partial charge >= 0.3 is 19.7 Å². The van der Waals surface area contributed by atoms with Gasteiger partial charge in [0, 0.05) is 19.5 Å². The van der Waals surface area contributed by atoms with Crippen LogP contribution < -0.4 is 11.1 Å². The van der Waals surface area contributed by atoms with Crippen molar-refractivity contribution in [1.82, 2.24) is 10.2 Å². The average molecular weight is 571 g/mol. The van der Waals surface area contributed by atoms with Crippen LogP contribution in [0.2, 0.25) is 0 Å². The molecule has 0 bridgehead atoms. The topological polar surface area (TPSA) is 213 Å². The second-order valence-corrected chi connectivity index (χ2v) is 9.99. The molecule has 2 amide bonds. The number of nitrogens with zero attached hydrogens (tertiary/aromatic N) is 1. The molecule has 1 heterocycles. The number of hydrogen-bond donors (Lipinski definition) is 7. The molecule has 226 valence electrons. The molecular formula is C25H42BN3O11. The molecule has 2 rings (SSSR count). The maximum absolute atomic E-state index is 13.2. The van der Waals surface area contributed by atoms with E-state index < -0.39 is 69.6 Å². The first-order chi connectivity index (χ1) is 19.0. The highest BCUT2D eigenvalue weighted by Crippen LogP contribution is 2.14. The number of rotatable bonds is 16. The fourth-order valence-electron chi connectivity index (χ4n) is 3.88. The summed E-state index contributed by atoms with van der Waals surface area (Å²) in [4.78, 5) is 27.5. The van der Waals surface area contributed by atoms with E-state index in [-0.39, 0.29) is 18.1 Å². The zero-order chi connectivity index (χ0) is 29.7. The lowest BCUT2D eigenvalue weighted by atomic mass is 10.0. The van der Waals surface area contributed by atoms with Gasteiger partial charge in [-0.15, -0.1) is 0 Å². The fraction of sp³-hybridized carbons (Fsp3) is 0.680. The average Bonchev–Trinajstić information content (AvgIpc) is 2.94. The van der Waals surface area contributed by atoms with Crippen LogP contribution >= 0.6 is 0 Å². The van der Waals surface area contributed by atoms with Crippen LogP contribution in [0.3, 0.4) is 0 Å². The van der Waals surface area contributed by atoms with Crippen molar-refractivity contribution < 1.29 is 53.9 Å². The quantitative estimate of drug-likeness (QED) is 0.0650. The maximum Gasteiger partial charge on any atom is 0.439 e. The second kappa shape index (κ2) is 17.3. The molecule has 1 fully saturated rings. The lowest BCUT2D eigenvalue weighted by Gasteiger charge is -2.30. The monoisotopic (exact) mass is 571 g/mol. The highest BCUT2D eigenvalue weighted by molar-refractivity contribution is 6.18. The van der Waals surface area contributed by atoms with Crippen molar-refractivity contribution in [2.75, 3.05) is 39.5 Å². The molecule has 1 aliphatic heterocycles. The van der Waals surface area contributed by atoms with Crippen LogP contribution in [-0.2, 0) is 30.0 Å². The standard InChI is InChI=1S/C25H42BN3O11/c1-15(2)11-21(27)40-26-39-20(23(34)22(33)19(32)13-30)14-38-24(35)18(12-16-3-5-17(31)6-4-16)28-25(36)29-7-9-37-10-8-29/h3-6,15,18-23,26,30-34H,7-14,27H2,1-2H3,(H,28,36)/t18-,19+,20+,21+,22+,23+/m0/s1. The molecule has 1 aromatic rings.